The number of methoxy groups -OCH3 is 1. The number of aliphatic hydroxyl groups is 1. The predicted octanol–water partition coefficient (Wildman–Crippen LogP) is 6.29. The van der Waals surface area contributed by atoms with Crippen LogP contribution in [0.2, 0.25) is 18.6 Å². The van der Waals surface area contributed by atoms with Crippen LogP contribution in [0.1, 0.15) is 71.1 Å². The van der Waals surface area contributed by atoms with Crippen molar-refractivity contribution >= 4 is 36.4 Å². The van der Waals surface area contributed by atoms with Gasteiger partial charge < -0.3 is 24.4 Å². The molecule has 2 fully saturated rings. The maximum atomic E-state index is 15.2. The lowest BCUT2D eigenvalue weighted by molar-refractivity contribution is -0.145. The van der Waals surface area contributed by atoms with Crippen molar-refractivity contribution in [2.45, 2.75) is 103 Å². The van der Waals surface area contributed by atoms with Crippen LogP contribution in [0.5, 0.6) is 5.75 Å². The minimum Gasteiger partial charge on any atom is -0.497 e. The molecular formula is C41H55N5O5Si. The van der Waals surface area contributed by atoms with E-state index in [1.54, 1.807) is 7.11 Å². The van der Waals surface area contributed by atoms with E-state index < -0.39 is 13.7 Å². The van der Waals surface area contributed by atoms with Crippen molar-refractivity contribution in [3.8, 4) is 5.75 Å². The van der Waals surface area contributed by atoms with E-state index in [0.717, 1.165) is 47.6 Å². The number of aromatic nitrogens is 3. The highest BCUT2D eigenvalue weighted by atomic mass is 28.3. The number of hydrogen-bond acceptors (Lipinski definition) is 7. The third-order valence-electron chi connectivity index (χ3n) is 11.5. The van der Waals surface area contributed by atoms with Crippen molar-refractivity contribution in [2.75, 3.05) is 36.6 Å². The number of benzene rings is 2. The summed E-state index contributed by atoms with van der Waals surface area (Å²) in [5, 5.41) is 19.3. The molecule has 2 saturated heterocycles. The Morgan fingerprint density at radius 3 is 2.56 bits per heavy atom. The third-order valence-corrected chi connectivity index (χ3v) is 15.9. The van der Waals surface area contributed by atoms with E-state index in [-0.39, 0.29) is 36.0 Å². The normalized spacial score (nSPS) is 23.2. The Labute approximate surface area is 309 Å². The van der Waals surface area contributed by atoms with E-state index in [4.69, 9.17) is 9.47 Å². The summed E-state index contributed by atoms with van der Waals surface area (Å²) in [6.45, 7) is 15.0. The van der Waals surface area contributed by atoms with Crippen molar-refractivity contribution in [2.24, 2.45) is 5.92 Å². The molecule has 1 aromatic heterocycles. The summed E-state index contributed by atoms with van der Waals surface area (Å²) < 4.78 is 14.7. The van der Waals surface area contributed by atoms with Gasteiger partial charge in [0.05, 0.1) is 32.7 Å². The summed E-state index contributed by atoms with van der Waals surface area (Å²) >= 11 is 0. The van der Waals surface area contributed by atoms with E-state index >= 15 is 4.79 Å². The maximum absolute atomic E-state index is 15.2. The number of allylic oxidation sites excluding steroid dienone is 3. The number of aryl methyl sites for hydroxylation is 1. The van der Waals surface area contributed by atoms with Crippen LogP contribution in [0.3, 0.4) is 0 Å². The molecule has 1 spiro atoms. The van der Waals surface area contributed by atoms with Gasteiger partial charge >= 0.3 is 0 Å². The number of nitrogens with zero attached hydrogens (tertiary/aromatic N) is 5. The molecule has 52 heavy (non-hydrogen) atoms. The Balaban J connectivity index is 1.42. The zero-order chi connectivity index (χ0) is 37.2. The van der Waals surface area contributed by atoms with Crippen LogP contribution < -0.4 is 19.7 Å². The molecule has 2 aromatic carbocycles. The molecule has 278 valence electrons. The number of anilines is 2. The summed E-state index contributed by atoms with van der Waals surface area (Å²) in [4.78, 5) is 32.0. The highest BCUT2D eigenvalue weighted by Crippen LogP contribution is 2.60. The maximum Gasteiger partial charge on any atom is 0.264 e. The van der Waals surface area contributed by atoms with Gasteiger partial charge in [-0.3, -0.25) is 14.3 Å². The summed E-state index contributed by atoms with van der Waals surface area (Å²) in [5.74, 6) is 0.727. The molecule has 0 radical (unpaired) electrons. The monoisotopic (exact) mass is 725 g/mol. The first-order valence-corrected chi connectivity index (χ1v) is 21.9. The molecule has 1 N–H and O–H groups in total. The number of amides is 2. The second kappa shape index (κ2) is 15.5. The van der Waals surface area contributed by atoms with Crippen molar-refractivity contribution in [3.63, 3.8) is 0 Å². The van der Waals surface area contributed by atoms with Crippen LogP contribution >= 0.6 is 0 Å². The Morgan fingerprint density at radius 1 is 1.12 bits per heavy atom. The van der Waals surface area contributed by atoms with Crippen molar-refractivity contribution in [3.05, 3.63) is 83.2 Å². The molecular weight excluding hydrogens is 671 g/mol. The second-order valence-electron chi connectivity index (χ2n) is 15.5. The SMILES string of the molecule is COc1ccc([Si](C)(C)[C@@H]2[C@@H](CCn3cc(CCO)nn3)O[C@]3(C(=O)N(C/C=C(\C)CCC=C(C)C)c4ccc(N5CCCC5=O)cc43)[C@H]2C)cc1. The Morgan fingerprint density at radius 2 is 1.88 bits per heavy atom. The number of carbonyl (C=O) groups is 2. The Kier molecular flexibility index (Phi) is 11.2. The summed E-state index contributed by atoms with van der Waals surface area (Å²) in [7, 11) is -0.663. The molecule has 3 aliphatic heterocycles. The van der Waals surface area contributed by atoms with Gasteiger partial charge in [-0.05, 0) is 82.3 Å². The Bertz CT molecular complexity index is 1830. The molecule has 4 atom stereocenters. The van der Waals surface area contributed by atoms with Gasteiger partial charge in [-0.15, -0.1) is 5.10 Å². The molecule has 0 saturated carbocycles. The largest absolute Gasteiger partial charge is 0.497 e. The molecule has 10 nitrogen and oxygen atoms in total. The van der Waals surface area contributed by atoms with E-state index in [2.05, 4.69) is 81.5 Å². The van der Waals surface area contributed by atoms with E-state index in [1.165, 1.54) is 16.3 Å². The third kappa shape index (κ3) is 7.15. The fourth-order valence-electron chi connectivity index (χ4n) is 8.72. The molecule has 0 bridgehead atoms. The number of ether oxygens (including phenoxy) is 2. The van der Waals surface area contributed by atoms with Crippen LogP contribution in [-0.2, 0) is 32.9 Å². The fourth-order valence-corrected chi connectivity index (χ4v) is 12.8. The Hall–Kier alpha value is -4.06. The molecule has 0 aliphatic carbocycles. The summed E-state index contributed by atoms with van der Waals surface area (Å²) in [5.41, 5.74) is 4.68. The standard InChI is InChI=1S/C41H55N5O5Si/c1-28(2)10-8-11-29(3)19-24-46-36-18-13-32(45-22-9-12-38(45)48)26-35(36)41(40(46)49)30(4)39(52(6,7)34-16-14-33(50-5)15-17-34)37(51-41)20-23-44-27-31(21-25-47)42-43-44/h10,13-19,26-27,30,37,39,47H,8-9,11-12,20-25H2,1-7H3/b29-19+/t30-,37+,39-,41+/m0/s1. The average Bonchev–Trinajstić information content (AvgIpc) is 3.88. The van der Waals surface area contributed by atoms with Gasteiger partial charge in [0.25, 0.3) is 5.91 Å². The van der Waals surface area contributed by atoms with Gasteiger partial charge in [0.2, 0.25) is 5.91 Å². The smallest absolute Gasteiger partial charge is 0.264 e. The molecule has 11 heteroatoms. The average molecular weight is 726 g/mol. The topological polar surface area (TPSA) is 110 Å². The van der Waals surface area contributed by atoms with Crippen LogP contribution in [0, 0.1) is 5.92 Å². The second-order valence-corrected chi connectivity index (χ2v) is 20.2. The first-order valence-electron chi connectivity index (χ1n) is 18.8. The quantitative estimate of drug-likeness (QED) is 0.154. The molecule has 4 heterocycles. The molecule has 2 amide bonds. The summed E-state index contributed by atoms with van der Waals surface area (Å²) in [6.07, 6.45) is 10.4. The lowest BCUT2D eigenvalue weighted by Crippen LogP contribution is -2.52. The van der Waals surface area contributed by atoms with Crippen molar-refractivity contribution in [1.29, 1.82) is 0 Å². The van der Waals surface area contributed by atoms with Gasteiger partial charge in [-0.25, -0.2) is 0 Å². The molecule has 3 aliphatic rings. The first kappa shape index (κ1) is 37.7. The zero-order valence-corrected chi connectivity index (χ0v) is 32.9. The number of rotatable bonds is 14. The van der Waals surface area contributed by atoms with E-state index in [1.807, 2.05) is 44.9 Å². The zero-order valence-electron chi connectivity index (χ0n) is 31.9. The summed E-state index contributed by atoms with van der Waals surface area (Å²) in [6, 6.07) is 14.5. The number of carbonyl (C=O) groups excluding carboxylic acids is 2. The van der Waals surface area contributed by atoms with Gasteiger partial charge in [0.1, 0.15) is 5.75 Å². The minimum absolute atomic E-state index is 0.0153. The van der Waals surface area contributed by atoms with Gasteiger partial charge in [-0.2, -0.15) is 0 Å². The van der Waals surface area contributed by atoms with E-state index in [0.29, 0.717) is 38.9 Å². The molecule has 3 aromatic rings. The van der Waals surface area contributed by atoms with Gasteiger partial charge in [-0.1, -0.05) is 65.8 Å². The van der Waals surface area contributed by atoms with Crippen molar-refractivity contribution < 1.29 is 24.2 Å². The van der Waals surface area contributed by atoms with Crippen LogP contribution in [-0.4, -0.2) is 72.9 Å². The number of hydrogen-bond donors (Lipinski definition) is 1. The van der Waals surface area contributed by atoms with Crippen LogP contribution in [0.25, 0.3) is 0 Å². The highest BCUT2D eigenvalue weighted by molar-refractivity contribution is 6.91. The van der Waals surface area contributed by atoms with Gasteiger partial charge in [0.15, 0.2) is 5.60 Å². The van der Waals surface area contributed by atoms with Gasteiger partial charge in [0, 0.05) is 62.4 Å². The first-order chi connectivity index (χ1) is 24.9. The fraction of sp³-hybridized carbons (Fsp3) is 0.512. The highest BCUT2D eigenvalue weighted by Gasteiger charge is 2.66. The van der Waals surface area contributed by atoms with Crippen molar-refractivity contribution in [1.82, 2.24) is 15.0 Å². The molecule has 0 unspecified atom stereocenters. The minimum atomic E-state index is -2.34. The number of fused-ring (bicyclic) bond motifs is 2. The lowest BCUT2D eigenvalue weighted by Gasteiger charge is -2.37. The lowest BCUT2D eigenvalue weighted by atomic mass is 9.82. The van der Waals surface area contributed by atoms with Crippen LogP contribution in [0.15, 0.2) is 72.0 Å². The predicted molar refractivity (Wildman–Crippen MR) is 208 cm³/mol. The van der Waals surface area contributed by atoms with Crippen LogP contribution in [0.4, 0.5) is 11.4 Å². The number of aliphatic hydroxyl groups excluding tert-OH is 1. The van der Waals surface area contributed by atoms with E-state index in [9.17, 15) is 9.90 Å². The molecule has 6 rings (SSSR count).